The van der Waals surface area contributed by atoms with E-state index in [0.717, 1.165) is 35.1 Å². The van der Waals surface area contributed by atoms with E-state index in [0.29, 0.717) is 5.57 Å². The predicted molar refractivity (Wildman–Crippen MR) is 101 cm³/mol. The minimum Gasteiger partial charge on any atom is -0.457 e. The Bertz CT molecular complexity index is 742. The lowest BCUT2D eigenvalue weighted by Gasteiger charge is -2.12. The van der Waals surface area contributed by atoms with Crippen molar-refractivity contribution in [1.29, 1.82) is 0 Å². The number of rotatable bonds is 7. The van der Waals surface area contributed by atoms with E-state index in [1.54, 1.807) is 19.9 Å². The van der Waals surface area contributed by atoms with E-state index in [2.05, 4.69) is 31.2 Å². The highest BCUT2D eigenvalue weighted by atomic mass is 16.5. The van der Waals surface area contributed by atoms with E-state index in [4.69, 9.17) is 4.74 Å². The minimum atomic E-state index is -0.333. The van der Waals surface area contributed by atoms with E-state index in [-0.39, 0.29) is 19.2 Å². The molecule has 132 valence electrons. The van der Waals surface area contributed by atoms with Crippen LogP contribution in [0.3, 0.4) is 0 Å². The Morgan fingerprint density at radius 1 is 1.08 bits per heavy atom. The van der Waals surface area contributed by atoms with Gasteiger partial charge in [0.1, 0.15) is 6.61 Å². The van der Waals surface area contributed by atoms with Crippen LogP contribution in [0.2, 0.25) is 0 Å². The average molecular weight is 338 g/mol. The van der Waals surface area contributed by atoms with Crippen LogP contribution in [-0.2, 0) is 29.2 Å². The molecule has 0 atom stereocenters. The number of carbonyl (C=O) groups excluding carboxylic acids is 1. The number of carbonyl (C=O) groups is 1. The summed E-state index contributed by atoms with van der Waals surface area (Å²) in [6.45, 7) is 5.78. The highest BCUT2D eigenvalue weighted by Crippen LogP contribution is 2.24. The number of aliphatic hydroxyl groups is 1. The molecule has 0 unspecified atom stereocenters. The van der Waals surface area contributed by atoms with Crippen LogP contribution in [0, 0.1) is 0 Å². The smallest absolute Gasteiger partial charge is 0.333 e. The van der Waals surface area contributed by atoms with Crippen molar-refractivity contribution in [3.63, 3.8) is 0 Å². The normalized spacial score (nSPS) is 11.4. The Kier molecular flexibility index (Phi) is 6.96. The second-order valence-electron chi connectivity index (χ2n) is 6.14. The van der Waals surface area contributed by atoms with Gasteiger partial charge in [0.25, 0.3) is 0 Å². The molecule has 2 rings (SSSR count). The van der Waals surface area contributed by atoms with Gasteiger partial charge in [-0.3, -0.25) is 0 Å². The lowest BCUT2D eigenvalue weighted by Crippen LogP contribution is -2.07. The Balaban J connectivity index is 2.22. The summed E-state index contributed by atoms with van der Waals surface area (Å²) < 4.78 is 5.35. The van der Waals surface area contributed by atoms with Gasteiger partial charge in [-0.25, -0.2) is 4.79 Å². The number of aliphatic hydroxyl groups excluding tert-OH is 1. The van der Waals surface area contributed by atoms with Crippen molar-refractivity contribution in [1.82, 2.24) is 0 Å². The van der Waals surface area contributed by atoms with Gasteiger partial charge in [-0.2, -0.15) is 0 Å². The fourth-order valence-electron chi connectivity index (χ4n) is 2.62. The molecule has 0 aliphatic carbocycles. The summed E-state index contributed by atoms with van der Waals surface area (Å²) in [6, 6.07) is 14.4. The van der Waals surface area contributed by atoms with Gasteiger partial charge in [0.15, 0.2) is 0 Å². The van der Waals surface area contributed by atoms with Crippen LogP contribution in [-0.4, -0.2) is 11.1 Å². The van der Waals surface area contributed by atoms with E-state index >= 15 is 0 Å². The fourth-order valence-corrected chi connectivity index (χ4v) is 2.62. The molecular weight excluding hydrogens is 312 g/mol. The molecule has 0 radical (unpaired) electrons. The summed E-state index contributed by atoms with van der Waals surface area (Å²) in [5, 5.41) is 9.54. The number of hydrogen-bond acceptors (Lipinski definition) is 3. The van der Waals surface area contributed by atoms with Crippen molar-refractivity contribution in [2.45, 2.75) is 46.8 Å². The van der Waals surface area contributed by atoms with Crippen LogP contribution in [0.5, 0.6) is 0 Å². The second-order valence-corrected chi connectivity index (χ2v) is 6.14. The van der Waals surface area contributed by atoms with E-state index in [9.17, 15) is 9.90 Å². The first-order valence-corrected chi connectivity index (χ1v) is 8.71. The van der Waals surface area contributed by atoms with Gasteiger partial charge in [-0.1, -0.05) is 55.8 Å². The minimum absolute atomic E-state index is 0.0782. The van der Waals surface area contributed by atoms with Gasteiger partial charge in [-0.15, -0.1) is 0 Å². The quantitative estimate of drug-likeness (QED) is 0.582. The summed E-state index contributed by atoms with van der Waals surface area (Å²) in [5.41, 5.74) is 5.67. The third-order valence-corrected chi connectivity index (χ3v) is 4.32. The molecule has 0 fully saturated rings. The molecule has 3 nitrogen and oxygen atoms in total. The second kappa shape index (κ2) is 9.19. The van der Waals surface area contributed by atoms with Crippen molar-refractivity contribution >= 4 is 5.97 Å². The van der Waals surface area contributed by atoms with Crippen LogP contribution in [0.1, 0.15) is 43.9 Å². The summed E-state index contributed by atoms with van der Waals surface area (Å²) in [5.74, 6) is -0.333. The Hall–Kier alpha value is -2.39. The zero-order valence-electron chi connectivity index (χ0n) is 15.2. The van der Waals surface area contributed by atoms with Crippen molar-refractivity contribution < 1.29 is 14.6 Å². The summed E-state index contributed by atoms with van der Waals surface area (Å²) in [6.07, 6.45) is 3.93. The monoisotopic (exact) mass is 338 g/mol. The topological polar surface area (TPSA) is 46.5 Å². The molecule has 0 saturated carbocycles. The number of allylic oxidation sites excluding steroid dienone is 1. The molecule has 3 heteroatoms. The zero-order valence-corrected chi connectivity index (χ0v) is 15.2. The van der Waals surface area contributed by atoms with Crippen molar-refractivity contribution in [3.8, 4) is 11.1 Å². The molecule has 0 aromatic heterocycles. The Morgan fingerprint density at radius 2 is 1.76 bits per heavy atom. The molecule has 0 heterocycles. The molecule has 1 N–H and O–H groups in total. The summed E-state index contributed by atoms with van der Waals surface area (Å²) in [7, 11) is 0. The van der Waals surface area contributed by atoms with Crippen LogP contribution in [0.4, 0.5) is 0 Å². The molecule has 0 saturated heterocycles. The lowest BCUT2D eigenvalue weighted by molar-refractivity contribution is -0.140. The molecule has 25 heavy (non-hydrogen) atoms. The zero-order chi connectivity index (χ0) is 18.2. The first-order chi connectivity index (χ1) is 12.1. The standard InChI is InChI=1S/C22H26O3/c1-4-6-17-7-9-18(10-8-17)19-11-12-20(14-23)21(13-19)15-25-22(24)16(3)5-2/h5,7-13,23H,4,6,14-15H2,1-3H3/b16-5+. The fraction of sp³-hybridized carbons (Fsp3) is 0.318. The van der Waals surface area contributed by atoms with Gasteiger partial charge in [0.2, 0.25) is 0 Å². The van der Waals surface area contributed by atoms with Gasteiger partial charge < -0.3 is 9.84 Å². The number of hydrogen-bond donors (Lipinski definition) is 1. The van der Waals surface area contributed by atoms with Gasteiger partial charge in [0.05, 0.1) is 6.61 Å². The van der Waals surface area contributed by atoms with Crippen molar-refractivity contribution in [2.24, 2.45) is 0 Å². The third-order valence-electron chi connectivity index (χ3n) is 4.32. The highest BCUT2D eigenvalue weighted by molar-refractivity contribution is 5.87. The molecule has 2 aromatic carbocycles. The lowest BCUT2D eigenvalue weighted by atomic mass is 9.98. The van der Waals surface area contributed by atoms with Crippen molar-refractivity contribution in [2.75, 3.05) is 0 Å². The summed E-state index contributed by atoms with van der Waals surface area (Å²) in [4.78, 5) is 11.8. The first-order valence-electron chi connectivity index (χ1n) is 8.71. The molecule has 0 aliphatic heterocycles. The van der Waals surface area contributed by atoms with Crippen LogP contribution >= 0.6 is 0 Å². The molecule has 0 spiro atoms. The molecule has 0 amide bonds. The first kappa shape index (κ1) is 18.9. The van der Waals surface area contributed by atoms with E-state index < -0.39 is 0 Å². The Morgan fingerprint density at radius 3 is 2.36 bits per heavy atom. The Labute approximate surface area is 150 Å². The van der Waals surface area contributed by atoms with Crippen LogP contribution in [0.15, 0.2) is 54.1 Å². The highest BCUT2D eigenvalue weighted by Gasteiger charge is 2.09. The maximum absolute atomic E-state index is 11.8. The summed E-state index contributed by atoms with van der Waals surface area (Å²) >= 11 is 0. The average Bonchev–Trinajstić information content (AvgIpc) is 2.66. The van der Waals surface area contributed by atoms with E-state index in [1.807, 2.05) is 18.2 Å². The number of aryl methyl sites for hydroxylation is 1. The van der Waals surface area contributed by atoms with Gasteiger partial charge in [-0.05, 0) is 54.2 Å². The predicted octanol–water partition coefficient (Wildman–Crippen LogP) is 4.81. The number of benzene rings is 2. The van der Waals surface area contributed by atoms with Crippen molar-refractivity contribution in [3.05, 3.63) is 70.8 Å². The van der Waals surface area contributed by atoms with Crippen LogP contribution < -0.4 is 0 Å². The molecule has 0 bridgehead atoms. The molecule has 2 aromatic rings. The van der Waals surface area contributed by atoms with Gasteiger partial charge >= 0.3 is 5.97 Å². The maximum atomic E-state index is 11.8. The van der Waals surface area contributed by atoms with E-state index in [1.165, 1.54) is 5.56 Å². The number of ether oxygens (including phenoxy) is 1. The maximum Gasteiger partial charge on any atom is 0.333 e. The van der Waals surface area contributed by atoms with Gasteiger partial charge in [0, 0.05) is 5.57 Å². The van der Waals surface area contributed by atoms with Crippen LogP contribution in [0.25, 0.3) is 11.1 Å². The molecular formula is C22H26O3. The molecule has 0 aliphatic rings. The SMILES string of the molecule is C/C=C(\C)C(=O)OCc1cc(-c2ccc(CCC)cc2)ccc1CO. The largest absolute Gasteiger partial charge is 0.457 e. The number of esters is 1. The third kappa shape index (κ3) is 5.04.